The highest BCUT2D eigenvalue weighted by atomic mass is 79.9. The van der Waals surface area contributed by atoms with Gasteiger partial charge in [-0.25, -0.2) is 8.78 Å². The van der Waals surface area contributed by atoms with Gasteiger partial charge in [-0.15, -0.1) is 0 Å². The molecule has 0 bridgehead atoms. The summed E-state index contributed by atoms with van der Waals surface area (Å²) in [6.07, 6.45) is -2.68. The van der Waals surface area contributed by atoms with Crippen LogP contribution in [0.2, 0.25) is 0 Å². The summed E-state index contributed by atoms with van der Waals surface area (Å²) >= 11 is 3.16. The van der Waals surface area contributed by atoms with E-state index in [1.807, 2.05) is 19.0 Å². The van der Waals surface area contributed by atoms with Crippen molar-refractivity contribution < 1.29 is 13.6 Å². The lowest BCUT2D eigenvalue weighted by Gasteiger charge is -2.14. The molecule has 1 N–H and O–H groups in total. The van der Waals surface area contributed by atoms with E-state index < -0.39 is 12.3 Å². The molecule has 0 radical (unpaired) electrons. The molecule has 1 amide bonds. The molecular weight excluding hydrogens is 318 g/mol. The Balaban J connectivity index is 2.95. The van der Waals surface area contributed by atoms with Gasteiger partial charge in [0.15, 0.2) is 0 Å². The minimum atomic E-state index is -2.68. The number of nitrogens with one attached hydrogen (secondary N) is 1. The number of carbonyl (C=O) groups excluding carboxylic acids is 1. The molecule has 1 aromatic rings. The van der Waals surface area contributed by atoms with Crippen LogP contribution in [0, 0.1) is 6.92 Å². The predicted octanol–water partition coefficient (Wildman–Crippen LogP) is 2.99. The van der Waals surface area contributed by atoms with E-state index in [-0.39, 0.29) is 11.1 Å². The van der Waals surface area contributed by atoms with Crippen LogP contribution in [0.1, 0.15) is 27.9 Å². The van der Waals surface area contributed by atoms with Crippen LogP contribution in [-0.4, -0.2) is 38.0 Å². The first-order valence-corrected chi connectivity index (χ1v) is 6.63. The summed E-state index contributed by atoms with van der Waals surface area (Å²) in [5.41, 5.74) is 0.359. The average molecular weight is 335 g/mol. The monoisotopic (exact) mass is 334 g/mol. The second-order valence-electron chi connectivity index (χ2n) is 4.55. The third-order valence-corrected chi connectivity index (χ3v) is 3.10. The quantitative estimate of drug-likeness (QED) is 0.897. The standard InChI is InChI=1S/C13H17BrF2N2O/c1-8-6-9(14)7-10(12(15)16)11(8)13(19)17-4-5-18(2)3/h6-7,12H,4-5H2,1-3H3,(H,17,19). The fraction of sp³-hybridized carbons (Fsp3) is 0.462. The first-order valence-electron chi connectivity index (χ1n) is 5.84. The summed E-state index contributed by atoms with van der Waals surface area (Å²) in [6, 6.07) is 2.95. The Morgan fingerprint density at radius 3 is 2.58 bits per heavy atom. The van der Waals surface area contributed by atoms with Crippen molar-refractivity contribution in [1.82, 2.24) is 10.2 Å². The molecule has 1 rings (SSSR count). The van der Waals surface area contributed by atoms with Gasteiger partial charge in [-0.05, 0) is 38.7 Å². The molecule has 106 valence electrons. The summed E-state index contributed by atoms with van der Waals surface area (Å²) in [6.45, 7) is 2.73. The summed E-state index contributed by atoms with van der Waals surface area (Å²) in [7, 11) is 3.75. The second kappa shape index (κ2) is 6.96. The van der Waals surface area contributed by atoms with Crippen molar-refractivity contribution >= 4 is 21.8 Å². The predicted molar refractivity (Wildman–Crippen MR) is 74.7 cm³/mol. The van der Waals surface area contributed by atoms with Gasteiger partial charge in [0.2, 0.25) is 0 Å². The minimum absolute atomic E-state index is 0.0666. The maximum Gasteiger partial charge on any atom is 0.264 e. The number of alkyl halides is 2. The van der Waals surface area contributed by atoms with Crippen molar-refractivity contribution in [2.75, 3.05) is 27.2 Å². The van der Waals surface area contributed by atoms with Crippen molar-refractivity contribution in [3.8, 4) is 0 Å². The molecule has 0 fully saturated rings. The number of nitrogens with zero attached hydrogens (tertiary/aromatic N) is 1. The number of hydrogen-bond donors (Lipinski definition) is 1. The van der Waals surface area contributed by atoms with Crippen LogP contribution in [0.25, 0.3) is 0 Å². The van der Waals surface area contributed by atoms with Crippen LogP contribution in [0.3, 0.4) is 0 Å². The number of halogens is 3. The smallest absolute Gasteiger partial charge is 0.264 e. The Kier molecular flexibility index (Phi) is 5.87. The Hall–Kier alpha value is -1.01. The first-order chi connectivity index (χ1) is 8.82. The largest absolute Gasteiger partial charge is 0.351 e. The van der Waals surface area contributed by atoms with E-state index >= 15 is 0 Å². The van der Waals surface area contributed by atoms with Gasteiger partial charge < -0.3 is 10.2 Å². The second-order valence-corrected chi connectivity index (χ2v) is 5.46. The van der Waals surface area contributed by atoms with E-state index in [0.717, 1.165) is 0 Å². The van der Waals surface area contributed by atoms with Crippen LogP contribution in [0.4, 0.5) is 8.78 Å². The lowest BCUT2D eigenvalue weighted by molar-refractivity contribution is 0.0936. The fourth-order valence-electron chi connectivity index (χ4n) is 1.73. The summed E-state index contributed by atoms with van der Waals surface area (Å²) in [5.74, 6) is -0.456. The highest BCUT2D eigenvalue weighted by molar-refractivity contribution is 9.10. The Morgan fingerprint density at radius 1 is 1.42 bits per heavy atom. The van der Waals surface area contributed by atoms with Gasteiger partial charge in [0.05, 0.1) is 5.56 Å². The van der Waals surface area contributed by atoms with Crippen LogP contribution in [0.15, 0.2) is 16.6 Å². The molecule has 0 aliphatic rings. The van der Waals surface area contributed by atoms with Gasteiger partial charge in [0, 0.05) is 23.1 Å². The summed E-state index contributed by atoms with van der Waals surface area (Å²) in [4.78, 5) is 13.9. The number of rotatable bonds is 5. The number of amides is 1. The highest BCUT2D eigenvalue weighted by Gasteiger charge is 2.21. The van der Waals surface area contributed by atoms with Crippen molar-refractivity contribution in [2.45, 2.75) is 13.3 Å². The zero-order valence-corrected chi connectivity index (χ0v) is 12.7. The van der Waals surface area contributed by atoms with Crippen molar-refractivity contribution in [3.05, 3.63) is 33.3 Å². The lowest BCUT2D eigenvalue weighted by atomic mass is 10.0. The molecule has 0 atom stereocenters. The van der Waals surface area contributed by atoms with Gasteiger partial charge in [0.1, 0.15) is 0 Å². The van der Waals surface area contributed by atoms with Gasteiger partial charge in [-0.1, -0.05) is 15.9 Å². The maximum absolute atomic E-state index is 13.0. The Labute approximate surface area is 120 Å². The molecular formula is C13H17BrF2N2O. The number of aryl methyl sites for hydroxylation is 1. The molecule has 0 saturated heterocycles. The van der Waals surface area contributed by atoms with E-state index in [9.17, 15) is 13.6 Å². The highest BCUT2D eigenvalue weighted by Crippen LogP contribution is 2.29. The van der Waals surface area contributed by atoms with Crippen LogP contribution in [-0.2, 0) is 0 Å². The van der Waals surface area contributed by atoms with Crippen LogP contribution in [0.5, 0.6) is 0 Å². The van der Waals surface area contributed by atoms with E-state index in [1.54, 1.807) is 13.0 Å². The molecule has 0 aliphatic heterocycles. The third-order valence-electron chi connectivity index (χ3n) is 2.64. The maximum atomic E-state index is 13.0. The molecule has 3 nitrogen and oxygen atoms in total. The Morgan fingerprint density at radius 2 is 2.05 bits per heavy atom. The van der Waals surface area contributed by atoms with Crippen LogP contribution >= 0.6 is 15.9 Å². The molecule has 19 heavy (non-hydrogen) atoms. The topological polar surface area (TPSA) is 32.3 Å². The van der Waals surface area contributed by atoms with E-state index in [0.29, 0.717) is 23.1 Å². The Bertz CT molecular complexity index is 464. The molecule has 0 spiro atoms. The van der Waals surface area contributed by atoms with Gasteiger partial charge >= 0.3 is 0 Å². The number of carbonyl (C=O) groups is 1. The molecule has 6 heteroatoms. The molecule has 0 heterocycles. The first kappa shape index (κ1) is 16.0. The van der Waals surface area contributed by atoms with E-state index in [2.05, 4.69) is 21.2 Å². The summed E-state index contributed by atoms with van der Waals surface area (Å²) < 4.78 is 26.5. The number of benzene rings is 1. The van der Waals surface area contributed by atoms with Crippen molar-refractivity contribution in [3.63, 3.8) is 0 Å². The number of hydrogen-bond acceptors (Lipinski definition) is 2. The van der Waals surface area contributed by atoms with E-state index in [1.165, 1.54) is 6.07 Å². The summed E-state index contributed by atoms with van der Waals surface area (Å²) in [5, 5.41) is 2.66. The molecule has 0 unspecified atom stereocenters. The zero-order chi connectivity index (χ0) is 14.6. The molecule has 0 aliphatic carbocycles. The minimum Gasteiger partial charge on any atom is -0.351 e. The molecule has 0 saturated carbocycles. The van der Waals surface area contributed by atoms with Crippen molar-refractivity contribution in [1.29, 1.82) is 0 Å². The fourth-order valence-corrected chi connectivity index (χ4v) is 2.32. The normalized spacial score (nSPS) is 11.2. The lowest BCUT2D eigenvalue weighted by Crippen LogP contribution is -2.32. The van der Waals surface area contributed by atoms with Gasteiger partial charge in [-0.2, -0.15) is 0 Å². The molecule has 0 aromatic heterocycles. The number of likely N-dealkylation sites (N-methyl/N-ethyl adjacent to an activating group) is 1. The zero-order valence-electron chi connectivity index (χ0n) is 11.1. The van der Waals surface area contributed by atoms with Gasteiger partial charge in [0.25, 0.3) is 12.3 Å². The average Bonchev–Trinajstić information content (AvgIpc) is 2.26. The van der Waals surface area contributed by atoms with Gasteiger partial charge in [-0.3, -0.25) is 4.79 Å². The third kappa shape index (κ3) is 4.54. The van der Waals surface area contributed by atoms with Crippen molar-refractivity contribution in [2.24, 2.45) is 0 Å². The SMILES string of the molecule is Cc1cc(Br)cc(C(F)F)c1C(=O)NCCN(C)C. The van der Waals surface area contributed by atoms with E-state index in [4.69, 9.17) is 0 Å². The van der Waals surface area contributed by atoms with Crippen LogP contribution < -0.4 is 5.32 Å². The molecule has 1 aromatic carbocycles.